The predicted molar refractivity (Wildman–Crippen MR) is 125 cm³/mol. The van der Waals surface area contributed by atoms with Gasteiger partial charge in [0.05, 0.1) is 24.4 Å². The summed E-state index contributed by atoms with van der Waals surface area (Å²) >= 11 is 0. The smallest absolute Gasteiger partial charge is 0.337 e. The number of carbonyl (C=O) groups is 2. The zero-order chi connectivity index (χ0) is 23.9. The van der Waals surface area contributed by atoms with Crippen molar-refractivity contribution in [2.45, 2.75) is 25.4 Å². The van der Waals surface area contributed by atoms with E-state index in [1.54, 1.807) is 4.90 Å². The molecule has 1 aromatic heterocycles. The Labute approximate surface area is 197 Å². The van der Waals surface area contributed by atoms with Crippen LogP contribution < -0.4 is 10.6 Å². The van der Waals surface area contributed by atoms with Crippen molar-refractivity contribution in [1.29, 1.82) is 0 Å². The molecule has 34 heavy (non-hydrogen) atoms. The number of halogens is 1. The second-order valence-electron chi connectivity index (χ2n) is 9.21. The van der Waals surface area contributed by atoms with Crippen molar-refractivity contribution in [3.8, 4) is 0 Å². The number of amides is 2. The van der Waals surface area contributed by atoms with E-state index >= 15 is 0 Å². The fourth-order valence-corrected chi connectivity index (χ4v) is 5.14. The second kappa shape index (κ2) is 8.72. The molecule has 1 atom stereocenters. The molecule has 2 aliphatic heterocycles. The molecule has 2 amide bonds. The number of nitrogens with one attached hydrogen (secondary N) is 2. The first-order valence-corrected chi connectivity index (χ1v) is 11.4. The number of hydrogen-bond acceptors (Lipinski definition) is 5. The Balaban J connectivity index is 1.18. The Morgan fingerprint density at radius 1 is 1.24 bits per heavy atom. The number of benzene rings is 2. The molecule has 2 aliphatic rings. The standard InChI is InChI=1S/C25H28FN5O3/c1-30-21-12-16(3-6-19(21)14-29-30)22-25(15-28-22)7-9-31(10-8-25)24(33)27-13-18-5-4-17(11-20(18)26)23(32)34-2/h3-6,11-12,14,22,28H,7-10,13,15H2,1-2H3,(H,27,33). The van der Waals surface area contributed by atoms with Gasteiger partial charge in [-0.05, 0) is 36.6 Å². The molecule has 0 saturated carbocycles. The summed E-state index contributed by atoms with van der Waals surface area (Å²) in [6, 6.07) is 10.7. The number of methoxy groups -OCH3 is 1. The molecular formula is C25H28FN5O3. The van der Waals surface area contributed by atoms with Gasteiger partial charge in [0.2, 0.25) is 0 Å². The van der Waals surface area contributed by atoms with Gasteiger partial charge in [-0.1, -0.05) is 18.2 Å². The summed E-state index contributed by atoms with van der Waals surface area (Å²) in [6.07, 6.45) is 3.69. The maximum atomic E-state index is 14.3. The van der Waals surface area contributed by atoms with Gasteiger partial charge in [0.25, 0.3) is 0 Å². The van der Waals surface area contributed by atoms with Gasteiger partial charge in [-0.15, -0.1) is 0 Å². The molecule has 3 aromatic rings. The topological polar surface area (TPSA) is 88.5 Å². The van der Waals surface area contributed by atoms with E-state index in [4.69, 9.17) is 0 Å². The Kier molecular flexibility index (Phi) is 5.73. The minimum absolute atomic E-state index is 0.0582. The van der Waals surface area contributed by atoms with Crippen LogP contribution in [0, 0.1) is 11.2 Å². The van der Waals surface area contributed by atoms with E-state index < -0.39 is 11.8 Å². The first-order valence-electron chi connectivity index (χ1n) is 11.4. The van der Waals surface area contributed by atoms with Crippen molar-refractivity contribution >= 4 is 22.9 Å². The molecule has 3 heterocycles. The largest absolute Gasteiger partial charge is 0.465 e. The molecule has 2 N–H and O–H groups in total. The van der Waals surface area contributed by atoms with Gasteiger partial charge in [0.15, 0.2) is 0 Å². The molecule has 1 unspecified atom stereocenters. The van der Waals surface area contributed by atoms with Crippen LogP contribution >= 0.6 is 0 Å². The molecule has 1 spiro atoms. The maximum Gasteiger partial charge on any atom is 0.337 e. The second-order valence-corrected chi connectivity index (χ2v) is 9.21. The maximum absolute atomic E-state index is 14.3. The molecule has 0 radical (unpaired) electrons. The molecular weight excluding hydrogens is 437 g/mol. The van der Waals surface area contributed by atoms with Gasteiger partial charge < -0.3 is 20.3 Å². The third kappa shape index (κ3) is 3.90. The van der Waals surface area contributed by atoms with Crippen LogP contribution in [-0.4, -0.2) is 53.4 Å². The number of aryl methyl sites for hydroxylation is 1. The van der Waals surface area contributed by atoms with Crippen LogP contribution in [0.5, 0.6) is 0 Å². The summed E-state index contributed by atoms with van der Waals surface area (Å²) in [5, 5.41) is 11.9. The van der Waals surface area contributed by atoms with E-state index in [2.05, 4.69) is 38.7 Å². The molecule has 2 aromatic carbocycles. The number of esters is 1. The Hall–Kier alpha value is -3.46. The number of urea groups is 1. The number of ether oxygens (including phenoxy) is 1. The molecule has 2 fully saturated rings. The molecule has 0 bridgehead atoms. The first-order chi connectivity index (χ1) is 16.4. The van der Waals surface area contributed by atoms with Gasteiger partial charge in [-0.25, -0.2) is 14.0 Å². The van der Waals surface area contributed by atoms with Crippen LogP contribution in [0.15, 0.2) is 42.6 Å². The van der Waals surface area contributed by atoms with Gasteiger partial charge in [-0.2, -0.15) is 5.10 Å². The average molecular weight is 466 g/mol. The molecule has 5 rings (SSSR count). The summed E-state index contributed by atoms with van der Waals surface area (Å²) in [7, 11) is 3.20. The van der Waals surface area contributed by atoms with Gasteiger partial charge in [0, 0.05) is 55.6 Å². The van der Waals surface area contributed by atoms with E-state index in [-0.39, 0.29) is 29.6 Å². The highest BCUT2D eigenvalue weighted by Gasteiger charge is 2.49. The lowest BCUT2D eigenvalue weighted by Gasteiger charge is -2.54. The normalized spacial score (nSPS) is 19.1. The van der Waals surface area contributed by atoms with Crippen LogP contribution in [0.4, 0.5) is 9.18 Å². The first kappa shape index (κ1) is 22.3. The fraction of sp³-hybridized carbons (Fsp3) is 0.400. The Bertz CT molecular complexity index is 1250. The zero-order valence-corrected chi connectivity index (χ0v) is 19.3. The van der Waals surface area contributed by atoms with Gasteiger partial charge in [0.1, 0.15) is 5.82 Å². The summed E-state index contributed by atoms with van der Waals surface area (Å²) in [4.78, 5) is 26.0. The number of piperidine rings is 1. The van der Waals surface area contributed by atoms with Crippen molar-refractivity contribution in [2.75, 3.05) is 26.7 Å². The lowest BCUT2D eigenvalue weighted by molar-refractivity contribution is 0.0140. The lowest BCUT2D eigenvalue weighted by Crippen LogP contribution is -2.61. The minimum Gasteiger partial charge on any atom is -0.465 e. The number of fused-ring (bicyclic) bond motifs is 1. The van der Waals surface area contributed by atoms with E-state index in [1.807, 2.05) is 17.9 Å². The molecule has 2 saturated heterocycles. The minimum atomic E-state index is -0.597. The van der Waals surface area contributed by atoms with Gasteiger partial charge >= 0.3 is 12.0 Å². The van der Waals surface area contributed by atoms with Gasteiger partial charge in [-0.3, -0.25) is 4.68 Å². The monoisotopic (exact) mass is 465 g/mol. The highest BCUT2D eigenvalue weighted by Crippen LogP contribution is 2.49. The van der Waals surface area contributed by atoms with E-state index in [0.717, 1.165) is 36.4 Å². The van der Waals surface area contributed by atoms with Crippen LogP contribution in [-0.2, 0) is 18.3 Å². The van der Waals surface area contributed by atoms with Crippen molar-refractivity contribution < 1.29 is 18.7 Å². The lowest BCUT2D eigenvalue weighted by atomic mass is 9.64. The van der Waals surface area contributed by atoms with E-state index in [1.165, 1.54) is 24.8 Å². The van der Waals surface area contributed by atoms with Crippen LogP contribution in [0.3, 0.4) is 0 Å². The fourth-order valence-electron chi connectivity index (χ4n) is 5.14. The summed E-state index contributed by atoms with van der Waals surface area (Å²) in [5.41, 5.74) is 2.97. The number of likely N-dealkylation sites (tertiary alicyclic amines) is 1. The number of hydrogen-bond donors (Lipinski definition) is 2. The van der Waals surface area contributed by atoms with Crippen LogP contribution in [0.2, 0.25) is 0 Å². The Morgan fingerprint density at radius 3 is 2.71 bits per heavy atom. The third-order valence-electron chi connectivity index (χ3n) is 7.33. The van der Waals surface area contributed by atoms with E-state index in [9.17, 15) is 14.0 Å². The number of aromatic nitrogens is 2. The van der Waals surface area contributed by atoms with Crippen LogP contribution in [0.1, 0.15) is 40.4 Å². The average Bonchev–Trinajstić information content (AvgIpc) is 3.22. The number of rotatable bonds is 4. The summed E-state index contributed by atoms with van der Waals surface area (Å²) in [5.74, 6) is -1.14. The molecule has 0 aliphatic carbocycles. The molecule has 178 valence electrons. The summed E-state index contributed by atoms with van der Waals surface area (Å²) in [6.45, 7) is 2.31. The predicted octanol–water partition coefficient (Wildman–Crippen LogP) is 3.14. The quantitative estimate of drug-likeness (QED) is 0.578. The van der Waals surface area contributed by atoms with Crippen molar-refractivity contribution in [2.24, 2.45) is 12.5 Å². The summed E-state index contributed by atoms with van der Waals surface area (Å²) < 4.78 is 20.8. The number of carbonyl (C=O) groups excluding carboxylic acids is 2. The van der Waals surface area contributed by atoms with Crippen molar-refractivity contribution in [1.82, 2.24) is 25.3 Å². The molecule has 9 heteroatoms. The van der Waals surface area contributed by atoms with Crippen molar-refractivity contribution in [3.05, 3.63) is 65.1 Å². The highest BCUT2D eigenvalue weighted by molar-refractivity contribution is 5.89. The SMILES string of the molecule is COC(=O)c1ccc(CNC(=O)N2CCC3(CC2)CNC3c2ccc3cnn(C)c3c2)c(F)c1. The number of nitrogens with zero attached hydrogens (tertiary/aromatic N) is 3. The Morgan fingerprint density at radius 2 is 2.03 bits per heavy atom. The van der Waals surface area contributed by atoms with E-state index in [0.29, 0.717) is 18.7 Å². The third-order valence-corrected chi connectivity index (χ3v) is 7.33. The van der Waals surface area contributed by atoms with Crippen LogP contribution in [0.25, 0.3) is 10.9 Å². The molecule has 8 nitrogen and oxygen atoms in total. The highest BCUT2D eigenvalue weighted by atomic mass is 19.1. The zero-order valence-electron chi connectivity index (χ0n) is 19.3. The van der Waals surface area contributed by atoms with Crippen molar-refractivity contribution in [3.63, 3.8) is 0 Å².